The van der Waals surface area contributed by atoms with Crippen LogP contribution in [0.5, 0.6) is 5.75 Å². The van der Waals surface area contributed by atoms with Crippen molar-refractivity contribution in [3.05, 3.63) is 77.6 Å². The summed E-state index contributed by atoms with van der Waals surface area (Å²) < 4.78 is 18.8. The Morgan fingerprint density at radius 1 is 1.00 bits per heavy atom. The fourth-order valence-corrected chi connectivity index (χ4v) is 2.82. The van der Waals surface area contributed by atoms with Crippen LogP contribution in [0.1, 0.15) is 16.5 Å². The molecule has 0 N–H and O–H groups in total. The lowest BCUT2D eigenvalue weighted by atomic mass is 9.98. The molecular formula is C18H14ClFO. The van der Waals surface area contributed by atoms with E-state index in [1.807, 2.05) is 42.5 Å². The number of halogens is 2. The van der Waals surface area contributed by atoms with Crippen LogP contribution < -0.4 is 4.74 Å². The third-order valence-electron chi connectivity index (χ3n) is 3.56. The van der Waals surface area contributed by atoms with Crippen molar-refractivity contribution in [3.63, 3.8) is 0 Å². The van der Waals surface area contributed by atoms with E-state index in [2.05, 4.69) is 0 Å². The zero-order chi connectivity index (χ0) is 14.8. The van der Waals surface area contributed by atoms with Crippen LogP contribution >= 0.6 is 11.6 Å². The summed E-state index contributed by atoms with van der Waals surface area (Å²) in [5.41, 5.74) is 1.69. The fraction of sp³-hybridized carbons (Fsp3) is 0.111. The quantitative estimate of drug-likeness (QED) is 0.595. The highest BCUT2D eigenvalue weighted by Gasteiger charge is 2.15. The monoisotopic (exact) mass is 300 g/mol. The average Bonchev–Trinajstić information content (AvgIpc) is 2.53. The molecule has 21 heavy (non-hydrogen) atoms. The van der Waals surface area contributed by atoms with Crippen molar-refractivity contribution < 1.29 is 9.13 Å². The average molecular weight is 301 g/mol. The molecule has 3 heteroatoms. The van der Waals surface area contributed by atoms with Gasteiger partial charge in [0, 0.05) is 0 Å². The van der Waals surface area contributed by atoms with Gasteiger partial charge in [0.05, 0.1) is 12.5 Å². The van der Waals surface area contributed by atoms with E-state index in [9.17, 15) is 4.39 Å². The summed E-state index contributed by atoms with van der Waals surface area (Å²) >= 11 is 6.57. The molecule has 0 radical (unpaired) electrons. The van der Waals surface area contributed by atoms with Crippen molar-refractivity contribution in [1.29, 1.82) is 0 Å². The molecule has 0 aliphatic carbocycles. The first-order chi connectivity index (χ1) is 10.2. The molecule has 0 saturated carbocycles. The van der Waals surface area contributed by atoms with Gasteiger partial charge in [0.15, 0.2) is 11.6 Å². The molecule has 0 bridgehead atoms. The number of benzene rings is 3. The predicted octanol–water partition coefficient (Wildman–Crippen LogP) is 5.32. The van der Waals surface area contributed by atoms with Crippen molar-refractivity contribution in [2.24, 2.45) is 0 Å². The van der Waals surface area contributed by atoms with Crippen molar-refractivity contribution in [2.45, 2.75) is 5.38 Å². The van der Waals surface area contributed by atoms with Crippen LogP contribution in [0.4, 0.5) is 4.39 Å². The largest absolute Gasteiger partial charge is 0.494 e. The van der Waals surface area contributed by atoms with Gasteiger partial charge in [0.2, 0.25) is 0 Å². The van der Waals surface area contributed by atoms with E-state index >= 15 is 0 Å². The highest BCUT2D eigenvalue weighted by atomic mass is 35.5. The van der Waals surface area contributed by atoms with Crippen LogP contribution in [0, 0.1) is 5.82 Å². The lowest BCUT2D eigenvalue weighted by molar-refractivity contribution is 0.386. The molecule has 0 amide bonds. The number of rotatable bonds is 3. The molecule has 0 saturated heterocycles. The third-order valence-corrected chi connectivity index (χ3v) is 4.05. The molecule has 106 valence electrons. The first-order valence-corrected chi connectivity index (χ1v) is 7.09. The molecule has 0 aliphatic rings. The number of methoxy groups -OCH3 is 1. The zero-order valence-electron chi connectivity index (χ0n) is 11.5. The van der Waals surface area contributed by atoms with Crippen LogP contribution in [-0.4, -0.2) is 7.11 Å². The van der Waals surface area contributed by atoms with Gasteiger partial charge < -0.3 is 4.74 Å². The van der Waals surface area contributed by atoms with Crippen molar-refractivity contribution in [2.75, 3.05) is 7.11 Å². The number of ether oxygens (including phenoxy) is 1. The molecule has 0 aliphatic heterocycles. The summed E-state index contributed by atoms with van der Waals surface area (Å²) in [6.07, 6.45) is 0. The highest BCUT2D eigenvalue weighted by molar-refractivity contribution is 6.23. The second-order valence-corrected chi connectivity index (χ2v) is 5.26. The molecule has 1 unspecified atom stereocenters. The van der Waals surface area contributed by atoms with Crippen molar-refractivity contribution >= 4 is 22.4 Å². The normalized spacial score (nSPS) is 12.3. The summed E-state index contributed by atoms with van der Waals surface area (Å²) in [7, 11) is 1.45. The maximum absolute atomic E-state index is 13.9. The first-order valence-electron chi connectivity index (χ1n) is 6.66. The van der Waals surface area contributed by atoms with E-state index in [4.69, 9.17) is 16.3 Å². The topological polar surface area (TPSA) is 9.23 Å². The van der Waals surface area contributed by atoms with Crippen molar-refractivity contribution in [3.8, 4) is 5.75 Å². The molecule has 1 nitrogen and oxygen atoms in total. The Bertz CT molecular complexity index is 780. The van der Waals surface area contributed by atoms with Crippen LogP contribution in [0.15, 0.2) is 60.7 Å². The number of alkyl halides is 1. The fourth-order valence-electron chi connectivity index (χ4n) is 2.49. The van der Waals surface area contributed by atoms with E-state index in [-0.39, 0.29) is 5.75 Å². The Kier molecular flexibility index (Phi) is 3.80. The van der Waals surface area contributed by atoms with E-state index in [1.165, 1.54) is 13.2 Å². The number of hydrogen-bond acceptors (Lipinski definition) is 1. The number of fused-ring (bicyclic) bond motifs is 1. The smallest absolute Gasteiger partial charge is 0.165 e. The van der Waals surface area contributed by atoms with E-state index < -0.39 is 11.2 Å². The highest BCUT2D eigenvalue weighted by Crippen LogP contribution is 2.35. The van der Waals surface area contributed by atoms with Gasteiger partial charge >= 0.3 is 0 Å². The minimum atomic E-state index is -0.406. The second-order valence-electron chi connectivity index (χ2n) is 4.82. The summed E-state index contributed by atoms with van der Waals surface area (Å²) in [4.78, 5) is 0. The van der Waals surface area contributed by atoms with Gasteiger partial charge in [-0.25, -0.2) is 4.39 Å². The summed E-state index contributed by atoms with van der Waals surface area (Å²) in [6, 6.07) is 18.8. The summed E-state index contributed by atoms with van der Waals surface area (Å²) in [6.45, 7) is 0. The molecule has 3 aromatic rings. The summed E-state index contributed by atoms with van der Waals surface area (Å²) in [5, 5.41) is 1.79. The van der Waals surface area contributed by atoms with Gasteiger partial charge in [-0.15, -0.1) is 11.6 Å². The van der Waals surface area contributed by atoms with Crippen LogP contribution in [0.25, 0.3) is 10.8 Å². The Balaban J connectivity index is 2.08. The molecule has 3 rings (SSSR count). The predicted molar refractivity (Wildman–Crippen MR) is 84.6 cm³/mol. The first kappa shape index (κ1) is 13.9. The van der Waals surface area contributed by atoms with E-state index in [0.717, 1.165) is 16.3 Å². The van der Waals surface area contributed by atoms with Crippen molar-refractivity contribution in [1.82, 2.24) is 0 Å². The maximum Gasteiger partial charge on any atom is 0.165 e. The SMILES string of the molecule is COc1ccc(C(Cl)c2cccc3ccccc23)cc1F. The Morgan fingerprint density at radius 3 is 2.52 bits per heavy atom. The second kappa shape index (κ2) is 5.74. The van der Waals surface area contributed by atoms with Gasteiger partial charge in [-0.1, -0.05) is 48.5 Å². The molecule has 3 aromatic carbocycles. The maximum atomic E-state index is 13.9. The Labute approximate surface area is 127 Å². The molecule has 0 spiro atoms. The van der Waals surface area contributed by atoms with Gasteiger partial charge in [-0.05, 0) is 34.0 Å². The molecular weight excluding hydrogens is 287 g/mol. The molecule has 1 atom stereocenters. The van der Waals surface area contributed by atoms with Crippen LogP contribution in [-0.2, 0) is 0 Å². The standard InChI is InChI=1S/C18H14ClFO/c1-21-17-10-9-13(11-16(17)20)18(19)15-8-4-6-12-5-2-3-7-14(12)15/h2-11,18H,1H3. The van der Waals surface area contributed by atoms with Crippen LogP contribution in [0.3, 0.4) is 0 Å². The van der Waals surface area contributed by atoms with Gasteiger partial charge in [-0.2, -0.15) is 0 Å². The van der Waals surface area contributed by atoms with Crippen LogP contribution in [0.2, 0.25) is 0 Å². The molecule has 0 fully saturated rings. The van der Waals surface area contributed by atoms with Gasteiger partial charge in [0.1, 0.15) is 0 Å². The van der Waals surface area contributed by atoms with E-state index in [0.29, 0.717) is 5.56 Å². The molecule has 0 heterocycles. The number of hydrogen-bond donors (Lipinski definition) is 0. The zero-order valence-corrected chi connectivity index (χ0v) is 12.3. The van der Waals surface area contributed by atoms with Gasteiger partial charge in [0.25, 0.3) is 0 Å². The minimum absolute atomic E-state index is 0.223. The third kappa shape index (κ3) is 2.59. The minimum Gasteiger partial charge on any atom is -0.494 e. The molecule has 0 aromatic heterocycles. The Hall–Kier alpha value is -2.06. The summed E-state index contributed by atoms with van der Waals surface area (Å²) in [5.74, 6) is -0.179. The van der Waals surface area contributed by atoms with E-state index in [1.54, 1.807) is 12.1 Å². The lowest BCUT2D eigenvalue weighted by Crippen LogP contribution is -1.97. The van der Waals surface area contributed by atoms with Gasteiger partial charge in [-0.3, -0.25) is 0 Å². The lowest BCUT2D eigenvalue weighted by Gasteiger charge is -2.14. The Morgan fingerprint density at radius 2 is 1.76 bits per heavy atom.